The summed E-state index contributed by atoms with van der Waals surface area (Å²) in [5.41, 5.74) is 3.59. The Hall–Kier alpha value is -1.53. The number of benzene rings is 2. The summed E-state index contributed by atoms with van der Waals surface area (Å²) in [5, 5.41) is 3.74. The summed E-state index contributed by atoms with van der Waals surface area (Å²) in [6, 6.07) is 16.2. The lowest BCUT2D eigenvalue weighted by Crippen LogP contribution is -2.35. The molecule has 2 aromatic rings. The van der Waals surface area contributed by atoms with Gasteiger partial charge in [-0.15, -0.1) is 11.8 Å². The molecule has 1 heterocycles. The minimum absolute atomic E-state index is 0.0625. The Morgan fingerprint density at radius 3 is 2.59 bits per heavy atom. The highest BCUT2D eigenvalue weighted by molar-refractivity contribution is 7.99. The van der Waals surface area contributed by atoms with Crippen molar-refractivity contribution in [3.8, 4) is 0 Å². The van der Waals surface area contributed by atoms with Gasteiger partial charge < -0.3 is 10.1 Å². The summed E-state index contributed by atoms with van der Waals surface area (Å²) in [7, 11) is 0. The number of carbonyl (C=O) groups is 1. The van der Waals surface area contributed by atoms with Gasteiger partial charge in [0, 0.05) is 37.0 Å². The number of hydrogen-bond donors (Lipinski definition) is 1. The van der Waals surface area contributed by atoms with Crippen LogP contribution in [0.25, 0.3) is 0 Å². The first kappa shape index (κ1) is 20.2. The van der Waals surface area contributed by atoms with Crippen molar-refractivity contribution in [2.24, 2.45) is 0 Å². The predicted octanol–water partition coefficient (Wildman–Crippen LogP) is 3.72. The molecule has 27 heavy (non-hydrogen) atoms. The normalized spacial score (nSPS) is 14.9. The fourth-order valence-corrected chi connectivity index (χ4v) is 3.89. The second-order valence-electron chi connectivity index (χ2n) is 6.60. The summed E-state index contributed by atoms with van der Waals surface area (Å²) >= 11 is 7.49. The highest BCUT2D eigenvalue weighted by Gasteiger charge is 2.11. The van der Waals surface area contributed by atoms with Crippen molar-refractivity contribution in [1.29, 1.82) is 0 Å². The van der Waals surface area contributed by atoms with Crippen molar-refractivity contribution in [3.63, 3.8) is 0 Å². The zero-order valence-corrected chi connectivity index (χ0v) is 16.9. The molecule has 6 heteroatoms. The summed E-state index contributed by atoms with van der Waals surface area (Å²) < 4.78 is 5.39. The number of morpholine rings is 1. The summed E-state index contributed by atoms with van der Waals surface area (Å²) in [6.45, 7) is 5.07. The number of nitrogens with one attached hydrogen (secondary N) is 1. The van der Waals surface area contributed by atoms with E-state index in [0.29, 0.717) is 12.3 Å². The fraction of sp³-hybridized carbons (Fsp3) is 0.381. The molecule has 3 rings (SSSR count). The predicted molar refractivity (Wildman–Crippen MR) is 112 cm³/mol. The first-order valence-corrected chi connectivity index (χ1v) is 10.7. The highest BCUT2D eigenvalue weighted by Crippen LogP contribution is 2.15. The number of thioether (sulfide) groups is 1. The molecular weight excluding hydrogens is 380 g/mol. The molecule has 0 radical (unpaired) electrons. The van der Waals surface area contributed by atoms with E-state index in [1.807, 2.05) is 24.3 Å². The molecule has 1 amide bonds. The van der Waals surface area contributed by atoms with Gasteiger partial charge in [0.2, 0.25) is 5.91 Å². The molecule has 0 saturated carbocycles. The van der Waals surface area contributed by atoms with Crippen LogP contribution >= 0.6 is 23.4 Å². The topological polar surface area (TPSA) is 41.6 Å². The van der Waals surface area contributed by atoms with Gasteiger partial charge in [0.25, 0.3) is 0 Å². The lowest BCUT2D eigenvalue weighted by atomic mass is 10.1. The van der Waals surface area contributed by atoms with Gasteiger partial charge in [-0.2, -0.15) is 0 Å². The van der Waals surface area contributed by atoms with E-state index < -0.39 is 0 Å². The van der Waals surface area contributed by atoms with Crippen LogP contribution in [0, 0.1) is 0 Å². The minimum Gasteiger partial charge on any atom is -0.379 e. The van der Waals surface area contributed by atoms with Crippen molar-refractivity contribution in [2.45, 2.75) is 18.8 Å². The van der Waals surface area contributed by atoms with Crippen molar-refractivity contribution < 1.29 is 9.53 Å². The van der Waals surface area contributed by atoms with Gasteiger partial charge in [0.05, 0.1) is 19.0 Å². The molecule has 1 aliphatic heterocycles. The van der Waals surface area contributed by atoms with Crippen LogP contribution in [0.1, 0.15) is 16.7 Å². The Balaban J connectivity index is 1.39. The minimum atomic E-state index is 0.0625. The van der Waals surface area contributed by atoms with Crippen molar-refractivity contribution in [1.82, 2.24) is 10.2 Å². The van der Waals surface area contributed by atoms with Gasteiger partial charge in [0.1, 0.15) is 0 Å². The molecule has 4 nitrogen and oxygen atoms in total. The maximum absolute atomic E-state index is 12.1. The molecule has 0 unspecified atom stereocenters. The Morgan fingerprint density at radius 2 is 1.81 bits per heavy atom. The number of amides is 1. The number of ether oxygens (including phenoxy) is 1. The Bertz CT molecular complexity index is 733. The SMILES string of the molecule is O=C(CSCc1ccc(Cl)cc1)NCc1cccc(CN2CCOCC2)c1. The summed E-state index contributed by atoms with van der Waals surface area (Å²) in [5.74, 6) is 1.32. The Kier molecular flexibility index (Phi) is 8.02. The molecule has 144 valence electrons. The molecule has 0 spiro atoms. The van der Waals surface area contributed by atoms with E-state index in [0.717, 1.165) is 49.2 Å². The molecule has 0 aliphatic carbocycles. The van der Waals surface area contributed by atoms with E-state index in [4.69, 9.17) is 16.3 Å². The third-order valence-corrected chi connectivity index (χ3v) is 5.66. The lowest BCUT2D eigenvalue weighted by Gasteiger charge is -2.26. The van der Waals surface area contributed by atoms with Gasteiger partial charge in [0.15, 0.2) is 0 Å². The zero-order valence-electron chi connectivity index (χ0n) is 15.3. The van der Waals surface area contributed by atoms with Gasteiger partial charge in [-0.1, -0.05) is 48.0 Å². The zero-order chi connectivity index (χ0) is 18.9. The quantitative estimate of drug-likeness (QED) is 0.728. The number of carbonyl (C=O) groups excluding carboxylic acids is 1. The van der Waals surface area contributed by atoms with Gasteiger partial charge in [-0.05, 0) is 28.8 Å². The van der Waals surface area contributed by atoms with E-state index >= 15 is 0 Å². The first-order valence-electron chi connectivity index (χ1n) is 9.16. The van der Waals surface area contributed by atoms with Crippen LogP contribution in [0.15, 0.2) is 48.5 Å². The van der Waals surface area contributed by atoms with Crippen LogP contribution in [0.3, 0.4) is 0 Å². The average Bonchev–Trinajstić information content (AvgIpc) is 2.69. The third-order valence-electron chi connectivity index (χ3n) is 4.41. The monoisotopic (exact) mass is 404 g/mol. The Labute approximate surface area is 170 Å². The van der Waals surface area contributed by atoms with E-state index in [1.54, 1.807) is 11.8 Å². The van der Waals surface area contributed by atoms with Crippen LogP contribution in [-0.2, 0) is 28.4 Å². The molecule has 1 N–H and O–H groups in total. The second-order valence-corrected chi connectivity index (χ2v) is 8.03. The van der Waals surface area contributed by atoms with E-state index in [9.17, 15) is 4.79 Å². The maximum atomic E-state index is 12.1. The molecule has 1 aliphatic rings. The smallest absolute Gasteiger partial charge is 0.230 e. The molecule has 1 saturated heterocycles. The molecule has 0 atom stereocenters. The largest absolute Gasteiger partial charge is 0.379 e. The standard InChI is InChI=1S/C21H25ClN2O2S/c22-20-6-4-17(5-7-20)15-27-16-21(25)23-13-18-2-1-3-19(12-18)14-24-8-10-26-11-9-24/h1-7,12H,8-11,13-16H2,(H,23,25). The molecule has 2 aromatic carbocycles. The molecular formula is C21H25ClN2O2S. The second kappa shape index (κ2) is 10.7. The van der Waals surface area contributed by atoms with Crippen molar-refractivity contribution >= 4 is 29.3 Å². The number of halogens is 1. The van der Waals surface area contributed by atoms with E-state index in [2.05, 4.69) is 34.5 Å². The molecule has 1 fully saturated rings. The van der Waals surface area contributed by atoms with E-state index in [1.165, 1.54) is 11.1 Å². The number of rotatable bonds is 8. The summed E-state index contributed by atoms with van der Waals surface area (Å²) in [4.78, 5) is 14.5. The van der Waals surface area contributed by atoms with Gasteiger partial charge in [-0.25, -0.2) is 0 Å². The molecule has 0 bridgehead atoms. The van der Waals surface area contributed by atoms with Gasteiger partial charge >= 0.3 is 0 Å². The third kappa shape index (κ3) is 7.18. The maximum Gasteiger partial charge on any atom is 0.230 e. The fourth-order valence-electron chi connectivity index (χ4n) is 2.95. The van der Waals surface area contributed by atoms with Crippen molar-refractivity contribution in [3.05, 3.63) is 70.2 Å². The number of hydrogen-bond acceptors (Lipinski definition) is 4. The average molecular weight is 405 g/mol. The first-order chi connectivity index (χ1) is 13.2. The van der Waals surface area contributed by atoms with Crippen LogP contribution in [0.2, 0.25) is 5.02 Å². The van der Waals surface area contributed by atoms with E-state index in [-0.39, 0.29) is 5.91 Å². The number of nitrogens with zero attached hydrogens (tertiary/aromatic N) is 1. The van der Waals surface area contributed by atoms with Crippen LogP contribution in [0.5, 0.6) is 0 Å². The highest BCUT2D eigenvalue weighted by atomic mass is 35.5. The van der Waals surface area contributed by atoms with Crippen LogP contribution in [-0.4, -0.2) is 42.9 Å². The lowest BCUT2D eigenvalue weighted by molar-refractivity contribution is -0.118. The van der Waals surface area contributed by atoms with Crippen LogP contribution < -0.4 is 5.32 Å². The summed E-state index contributed by atoms with van der Waals surface area (Å²) in [6.07, 6.45) is 0. The van der Waals surface area contributed by atoms with Crippen molar-refractivity contribution in [2.75, 3.05) is 32.1 Å². The Morgan fingerprint density at radius 1 is 1.07 bits per heavy atom. The van der Waals surface area contributed by atoms with Crippen LogP contribution in [0.4, 0.5) is 0 Å². The van der Waals surface area contributed by atoms with Gasteiger partial charge in [-0.3, -0.25) is 9.69 Å². The molecule has 0 aromatic heterocycles.